The second-order valence-corrected chi connectivity index (χ2v) is 5.85. The van der Waals surface area contributed by atoms with Crippen molar-refractivity contribution in [2.45, 2.75) is 25.7 Å². The molecule has 2 rings (SSSR count). The van der Waals surface area contributed by atoms with E-state index in [4.69, 9.17) is 5.73 Å². The fraction of sp³-hybridized carbons (Fsp3) is 0.647. The minimum Gasteiger partial charge on any atom is -0.329 e. The van der Waals surface area contributed by atoms with Crippen molar-refractivity contribution < 1.29 is 0 Å². The summed E-state index contributed by atoms with van der Waals surface area (Å²) in [5.74, 6) is 0.910. The predicted molar refractivity (Wildman–Crippen MR) is 85.9 cm³/mol. The fourth-order valence-corrected chi connectivity index (χ4v) is 2.99. The average Bonchev–Trinajstić information content (AvgIpc) is 2.52. The van der Waals surface area contributed by atoms with E-state index >= 15 is 0 Å². The van der Waals surface area contributed by atoms with Crippen LogP contribution in [0.4, 0.5) is 0 Å². The molecule has 1 aliphatic rings. The van der Waals surface area contributed by atoms with Crippen molar-refractivity contribution in [1.29, 1.82) is 0 Å². The quantitative estimate of drug-likeness (QED) is 0.761. The van der Waals surface area contributed by atoms with E-state index in [0.29, 0.717) is 0 Å². The summed E-state index contributed by atoms with van der Waals surface area (Å²) in [4.78, 5) is 2.54. The number of piperidine rings is 1. The molecule has 3 heteroatoms. The molecule has 3 nitrogen and oxygen atoms in total. The molecule has 1 aromatic rings. The molecule has 1 heterocycles. The molecule has 0 radical (unpaired) electrons. The van der Waals surface area contributed by atoms with Crippen molar-refractivity contribution in [3.8, 4) is 0 Å². The van der Waals surface area contributed by atoms with E-state index < -0.39 is 0 Å². The van der Waals surface area contributed by atoms with Gasteiger partial charge in [0.15, 0.2) is 0 Å². The lowest BCUT2D eigenvalue weighted by molar-refractivity contribution is 0.242. The van der Waals surface area contributed by atoms with Crippen LogP contribution >= 0.6 is 0 Å². The summed E-state index contributed by atoms with van der Waals surface area (Å²) in [5, 5.41) is 3.44. The summed E-state index contributed by atoms with van der Waals surface area (Å²) in [5.41, 5.74) is 7.18. The third-order valence-electron chi connectivity index (χ3n) is 4.32. The topological polar surface area (TPSA) is 41.3 Å². The van der Waals surface area contributed by atoms with Gasteiger partial charge in [-0.15, -0.1) is 0 Å². The molecular formula is C17H29N3. The summed E-state index contributed by atoms with van der Waals surface area (Å²) >= 11 is 0. The van der Waals surface area contributed by atoms with Gasteiger partial charge in [0.25, 0.3) is 0 Å². The second-order valence-electron chi connectivity index (χ2n) is 5.85. The van der Waals surface area contributed by atoms with Crippen molar-refractivity contribution in [1.82, 2.24) is 10.2 Å². The van der Waals surface area contributed by atoms with Gasteiger partial charge in [-0.25, -0.2) is 0 Å². The van der Waals surface area contributed by atoms with Gasteiger partial charge in [0.05, 0.1) is 0 Å². The second kappa shape index (κ2) is 9.11. The summed E-state index contributed by atoms with van der Waals surface area (Å²) in [6, 6.07) is 10.8. The summed E-state index contributed by atoms with van der Waals surface area (Å²) in [6.07, 6.45) is 5.15. The van der Waals surface area contributed by atoms with Crippen molar-refractivity contribution in [3.63, 3.8) is 0 Å². The lowest BCUT2D eigenvalue weighted by atomic mass is 9.94. The van der Waals surface area contributed by atoms with Gasteiger partial charge in [-0.05, 0) is 56.8 Å². The number of nitrogens with two attached hydrogens (primary N) is 1. The van der Waals surface area contributed by atoms with Crippen molar-refractivity contribution in [2.24, 2.45) is 11.7 Å². The van der Waals surface area contributed by atoms with E-state index in [2.05, 4.69) is 40.5 Å². The first kappa shape index (κ1) is 15.5. The van der Waals surface area contributed by atoms with Gasteiger partial charge in [-0.1, -0.05) is 30.3 Å². The first-order chi connectivity index (χ1) is 9.88. The van der Waals surface area contributed by atoms with Gasteiger partial charge in [0.1, 0.15) is 0 Å². The maximum absolute atomic E-state index is 5.76. The lowest BCUT2D eigenvalue weighted by Crippen LogP contribution is -2.35. The highest BCUT2D eigenvalue weighted by Crippen LogP contribution is 2.16. The van der Waals surface area contributed by atoms with E-state index in [0.717, 1.165) is 32.0 Å². The maximum Gasteiger partial charge on any atom is 0.0105 e. The normalized spacial score (nSPS) is 16.7. The third-order valence-corrected chi connectivity index (χ3v) is 4.32. The molecule has 1 aliphatic heterocycles. The van der Waals surface area contributed by atoms with Crippen LogP contribution in [0.2, 0.25) is 0 Å². The molecule has 1 fully saturated rings. The first-order valence-corrected chi connectivity index (χ1v) is 8.05. The molecule has 0 saturated carbocycles. The van der Waals surface area contributed by atoms with Crippen LogP contribution in [0.1, 0.15) is 24.8 Å². The molecule has 20 heavy (non-hydrogen) atoms. The molecule has 0 unspecified atom stereocenters. The fourth-order valence-electron chi connectivity index (χ4n) is 2.99. The van der Waals surface area contributed by atoms with Gasteiger partial charge in [-0.3, -0.25) is 0 Å². The van der Waals surface area contributed by atoms with Crippen molar-refractivity contribution in [3.05, 3.63) is 35.9 Å². The van der Waals surface area contributed by atoms with E-state index in [9.17, 15) is 0 Å². The van der Waals surface area contributed by atoms with Crippen LogP contribution in [0.3, 0.4) is 0 Å². The zero-order chi connectivity index (χ0) is 14.0. The predicted octanol–water partition coefficient (Wildman–Crippen LogP) is 1.88. The van der Waals surface area contributed by atoms with Crippen LogP contribution in [0.15, 0.2) is 30.3 Å². The Kier molecular flexibility index (Phi) is 7.06. The molecule has 1 aromatic carbocycles. The minimum atomic E-state index is 0.765. The molecule has 0 atom stereocenters. The Balaban J connectivity index is 1.71. The Bertz CT molecular complexity index is 347. The van der Waals surface area contributed by atoms with Crippen LogP contribution in [-0.2, 0) is 6.42 Å². The number of rotatable bonds is 8. The molecule has 0 spiro atoms. The summed E-state index contributed by atoms with van der Waals surface area (Å²) < 4.78 is 0. The Hall–Kier alpha value is -0.900. The number of nitrogens with zero attached hydrogens (tertiary/aromatic N) is 1. The largest absolute Gasteiger partial charge is 0.329 e. The lowest BCUT2D eigenvalue weighted by Gasteiger charge is -2.27. The molecule has 0 bridgehead atoms. The monoisotopic (exact) mass is 275 g/mol. The average molecular weight is 275 g/mol. The van der Waals surface area contributed by atoms with Gasteiger partial charge >= 0.3 is 0 Å². The highest BCUT2D eigenvalue weighted by Gasteiger charge is 2.14. The third kappa shape index (κ3) is 5.61. The maximum atomic E-state index is 5.76. The molecule has 3 N–H and O–H groups in total. The molecule has 0 amide bonds. The molecule has 1 saturated heterocycles. The zero-order valence-electron chi connectivity index (χ0n) is 12.6. The summed E-state index contributed by atoms with van der Waals surface area (Å²) in [7, 11) is 0. The number of hydrogen-bond donors (Lipinski definition) is 2. The Morgan fingerprint density at radius 1 is 1.05 bits per heavy atom. The number of hydrogen-bond acceptors (Lipinski definition) is 3. The zero-order valence-corrected chi connectivity index (χ0v) is 12.6. The molecular weight excluding hydrogens is 246 g/mol. The highest BCUT2D eigenvalue weighted by molar-refractivity contribution is 5.14. The first-order valence-electron chi connectivity index (χ1n) is 8.05. The SMILES string of the molecule is NCCN(CCc1ccccc1)CCC1CCNCC1. The van der Waals surface area contributed by atoms with Crippen molar-refractivity contribution >= 4 is 0 Å². The van der Waals surface area contributed by atoms with Crippen LogP contribution in [0, 0.1) is 5.92 Å². The van der Waals surface area contributed by atoms with Crippen LogP contribution < -0.4 is 11.1 Å². The Labute approximate surface area is 123 Å². The van der Waals surface area contributed by atoms with Crippen LogP contribution in [-0.4, -0.2) is 44.2 Å². The molecule has 0 aliphatic carbocycles. The van der Waals surface area contributed by atoms with E-state index in [1.54, 1.807) is 0 Å². The number of benzene rings is 1. The highest BCUT2D eigenvalue weighted by atomic mass is 15.1. The Morgan fingerprint density at radius 2 is 1.80 bits per heavy atom. The van der Waals surface area contributed by atoms with Gasteiger partial charge in [-0.2, -0.15) is 0 Å². The summed E-state index contributed by atoms with van der Waals surface area (Å²) in [6.45, 7) is 6.52. The standard InChI is InChI=1S/C17H29N3/c18-10-15-20(13-8-16-4-2-1-3-5-16)14-9-17-6-11-19-12-7-17/h1-5,17,19H,6-15,18H2. The van der Waals surface area contributed by atoms with E-state index in [-0.39, 0.29) is 0 Å². The number of nitrogens with one attached hydrogen (secondary N) is 1. The van der Waals surface area contributed by atoms with Gasteiger partial charge in [0.2, 0.25) is 0 Å². The smallest absolute Gasteiger partial charge is 0.0105 e. The van der Waals surface area contributed by atoms with Gasteiger partial charge < -0.3 is 16.0 Å². The van der Waals surface area contributed by atoms with E-state index in [1.165, 1.54) is 44.5 Å². The van der Waals surface area contributed by atoms with Gasteiger partial charge in [0, 0.05) is 19.6 Å². The molecule has 112 valence electrons. The van der Waals surface area contributed by atoms with Crippen LogP contribution in [0.5, 0.6) is 0 Å². The minimum absolute atomic E-state index is 0.765. The van der Waals surface area contributed by atoms with Crippen LogP contribution in [0.25, 0.3) is 0 Å². The van der Waals surface area contributed by atoms with Crippen molar-refractivity contribution in [2.75, 3.05) is 39.3 Å². The Morgan fingerprint density at radius 3 is 2.50 bits per heavy atom. The molecule has 0 aromatic heterocycles. The van der Waals surface area contributed by atoms with E-state index in [1.807, 2.05) is 0 Å².